The maximum absolute atomic E-state index is 13.1. The van der Waals surface area contributed by atoms with E-state index in [-0.39, 0.29) is 17.6 Å². The van der Waals surface area contributed by atoms with Crippen molar-refractivity contribution in [2.45, 2.75) is 13.5 Å². The largest absolute Gasteiger partial charge is 0.439 e. The Kier molecular flexibility index (Phi) is 5.05. The molecule has 5 nitrogen and oxygen atoms in total. The van der Waals surface area contributed by atoms with Crippen LogP contribution in [-0.4, -0.2) is 24.0 Å². The molecule has 0 bridgehead atoms. The van der Waals surface area contributed by atoms with Gasteiger partial charge in [-0.1, -0.05) is 19.1 Å². The van der Waals surface area contributed by atoms with Gasteiger partial charge >= 0.3 is 0 Å². The lowest BCUT2D eigenvalue weighted by molar-refractivity contribution is -0.126. The molecule has 3 rings (SSSR count). The summed E-state index contributed by atoms with van der Waals surface area (Å²) < 4.78 is 18.6. The zero-order valence-electron chi connectivity index (χ0n) is 13.5. The first-order valence-electron chi connectivity index (χ1n) is 7.98. The fourth-order valence-electron chi connectivity index (χ4n) is 2.46. The maximum atomic E-state index is 13.1. The van der Waals surface area contributed by atoms with Gasteiger partial charge in [-0.3, -0.25) is 4.79 Å². The molecule has 2 heterocycles. The van der Waals surface area contributed by atoms with Crippen LogP contribution in [0.2, 0.25) is 0 Å². The van der Waals surface area contributed by atoms with Gasteiger partial charge in [-0.15, -0.1) is 0 Å². The van der Waals surface area contributed by atoms with E-state index >= 15 is 0 Å². The molecule has 1 saturated heterocycles. The number of pyridine rings is 1. The van der Waals surface area contributed by atoms with Crippen LogP contribution in [-0.2, 0) is 11.3 Å². The average molecular weight is 329 g/mol. The summed E-state index contributed by atoms with van der Waals surface area (Å²) in [5, 5.41) is 6.10. The van der Waals surface area contributed by atoms with Crippen molar-refractivity contribution in [1.82, 2.24) is 15.6 Å². The van der Waals surface area contributed by atoms with Crippen molar-refractivity contribution in [3.63, 3.8) is 0 Å². The van der Waals surface area contributed by atoms with Gasteiger partial charge in [0.1, 0.15) is 11.6 Å². The first-order valence-corrected chi connectivity index (χ1v) is 7.98. The van der Waals surface area contributed by atoms with E-state index in [0.29, 0.717) is 24.1 Å². The molecule has 2 aromatic rings. The standard InChI is InChI=1S/C18H20FN3O2/c1-12(14-10-20-11-14)18(23)22-9-13-5-6-17(21-8-13)24-16-4-2-3-15(19)7-16/h2-8,12,14,20H,9-11H2,1H3,(H,22,23). The number of nitrogens with one attached hydrogen (secondary N) is 2. The number of amides is 1. The third kappa shape index (κ3) is 4.08. The van der Waals surface area contributed by atoms with Crippen molar-refractivity contribution < 1.29 is 13.9 Å². The average Bonchev–Trinajstić information content (AvgIpc) is 2.52. The van der Waals surface area contributed by atoms with E-state index in [4.69, 9.17) is 4.74 Å². The molecule has 0 aliphatic carbocycles. The van der Waals surface area contributed by atoms with Crippen LogP contribution in [0.3, 0.4) is 0 Å². The molecule has 1 amide bonds. The highest BCUT2D eigenvalue weighted by Crippen LogP contribution is 2.20. The van der Waals surface area contributed by atoms with Crippen LogP contribution < -0.4 is 15.4 Å². The van der Waals surface area contributed by atoms with Gasteiger partial charge in [0, 0.05) is 30.8 Å². The zero-order valence-corrected chi connectivity index (χ0v) is 13.5. The van der Waals surface area contributed by atoms with E-state index in [1.807, 2.05) is 13.0 Å². The molecule has 2 N–H and O–H groups in total. The molecular weight excluding hydrogens is 309 g/mol. The predicted octanol–water partition coefficient (Wildman–Crippen LogP) is 2.48. The Balaban J connectivity index is 1.51. The van der Waals surface area contributed by atoms with Crippen molar-refractivity contribution in [2.75, 3.05) is 13.1 Å². The minimum Gasteiger partial charge on any atom is -0.439 e. The van der Waals surface area contributed by atoms with Gasteiger partial charge < -0.3 is 15.4 Å². The summed E-state index contributed by atoms with van der Waals surface area (Å²) in [6.45, 7) is 4.19. The molecule has 126 valence electrons. The quantitative estimate of drug-likeness (QED) is 0.855. The van der Waals surface area contributed by atoms with E-state index in [1.54, 1.807) is 24.4 Å². The van der Waals surface area contributed by atoms with E-state index in [2.05, 4.69) is 15.6 Å². The number of halogens is 1. The van der Waals surface area contributed by atoms with E-state index < -0.39 is 0 Å². The van der Waals surface area contributed by atoms with Gasteiger partial charge in [-0.05, 0) is 36.7 Å². The molecule has 0 radical (unpaired) electrons. The highest BCUT2D eigenvalue weighted by Gasteiger charge is 2.28. The molecule has 1 fully saturated rings. The normalized spacial score (nSPS) is 15.4. The third-order valence-corrected chi connectivity index (χ3v) is 4.22. The Morgan fingerprint density at radius 1 is 1.42 bits per heavy atom. The smallest absolute Gasteiger partial charge is 0.223 e. The molecule has 24 heavy (non-hydrogen) atoms. The zero-order chi connectivity index (χ0) is 16.9. The highest BCUT2D eigenvalue weighted by molar-refractivity contribution is 5.78. The molecule has 1 unspecified atom stereocenters. The van der Waals surface area contributed by atoms with Gasteiger partial charge in [-0.25, -0.2) is 9.37 Å². The number of carbonyl (C=O) groups is 1. The Labute approximate surface area is 140 Å². The van der Waals surface area contributed by atoms with Gasteiger partial charge in [0.2, 0.25) is 11.8 Å². The monoisotopic (exact) mass is 329 g/mol. The highest BCUT2D eigenvalue weighted by atomic mass is 19.1. The number of carbonyl (C=O) groups excluding carboxylic acids is 1. The van der Waals surface area contributed by atoms with Crippen LogP contribution >= 0.6 is 0 Å². The molecule has 0 saturated carbocycles. The Morgan fingerprint density at radius 3 is 2.88 bits per heavy atom. The Morgan fingerprint density at radius 2 is 2.25 bits per heavy atom. The van der Waals surface area contributed by atoms with Crippen LogP contribution in [0.1, 0.15) is 12.5 Å². The molecule has 1 aliphatic heterocycles. The summed E-state index contributed by atoms with van der Waals surface area (Å²) >= 11 is 0. The SMILES string of the molecule is CC(C(=O)NCc1ccc(Oc2cccc(F)c2)nc1)C1CNC1. The minimum absolute atomic E-state index is 0.00907. The van der Waals surface area contributed by atoms with Gasteiger partial charge in [0.15, 0.2) is 0 Å². The number of benzene rings is 1. The summed E-state index contributed by atoms with van der Waals surface area (Å²) in [4.78, 5) is 16.3. The van der Waals surface area contributed by atoms with E-state index in [0.717, 1.165) is 18.7 Å². The Hall–Kier alpha value is -2.47. The van der Waals surface area contributed by atoms with Crippen molar-refractivity contribution in [3.05, 3.63) is 54.0 Å². The van der Waals surface area contributed by atoms with Crippen molar-refractivity contribution >= 4 is 5.91 Å². The Bertz CT molecular complexity index is 702. The van der Waals surface area contributed by atoms with Crippen molar-refractivity contribution in [2.24, 2.45) is 11.8 Å². The van der Waals surface area contributed by atoms with Crippen molar-refractivity contribution in [3.8, 4) is 11.6 Å². The second-order valence-electron chi connectivity index (χ2n) is 5.99. The molecule has 1 atom stereocenters. The number of rotatable bonds is 6. The predicted molar refractivity (Wildman–Crippen MR) is 88.1 cm³/mol. The molecule has 6 heteroatoms. The number of aromatic nitrogens is 1. The van der Waals surface area contributed by atoms with Crippen LogP contribution in [0, 0.1) is 17.7 Å². The topological polar surface area (TPSA) is 63.2 Å². The summed E-state index contributed by atoms with van der Waals surface area (Å²) in [5.41, 5.74) is 0.883. The first kappa shape index (κ1) is 16.4. The molecule has 1 aliphatic rings. The fourth-order valence-corrected chi connectivity index (χ4v) is 2.46. The van der Waals surface area contributed by atoms with E-state index in [9.17, 15) is 9.18 Å². The minimum atomic E-state index is -0.359. The van der Waals surface area contributed by atoms with Crippen LogP contribution in [0.15, 0.2) is 42.6 Å². The molecule has 1 aromatic heterocycles. The van der Waals surface area contributed by atoms with Gasteiger partial charge in [0.25, 0.3) is 0 Å². The summed E-state index contributed by atoms with van der Waals surface area (Å²) in [6.07, 6.45) is 1.64. The third-order valence-electron chi connectivity index (χ3n) is 4.22. The van der Waals surface area contributed by atoms with Crippen LogP contribution in [0.5, 0.6) is 11.6 Å². The number of hydrogen-bond acceptors (Lipinski definition) is 4. The van der Waals surface area contributed by atoms with Crippen molar-refractivity contribution in [1.29, 1.82) is 0 Å². The van der Waals surface area contributed by atoms with Gasteiger partial charge in [-0.2, -0.15) is 0 Å². The second kappa shape index (κ2) is 7.40. The van der Waals surface area contributed by atoms with Crippen LogP contribution in [0.4, 0.5) is 4.39 Å². The van der Waals surface area contributed by atoms with Crippen LogP contribution in [0.25, 0.3) is 0 Å². The number of ether oxygens (including phenoxy) is 1. The van der Waals surface area contributed by atoms with Gasteiger partial charge in [0.05, 0.1) is 0 Å². The lowest BCUT2D eigenvalue weighted by Crippen LogP contribution is -2.49. The first-order chi connectivity index (χ1) is 11.6. The molecule has 0 spiro atoms. The second-order valence-corrected chi connectivity index (χ2v) is 5.99. The van der Waals surface area contributed by atoms with E-state index in [1.165, 1.54) is 12.1 Å². The maximum Gasteiger partial charge on any atom is 0.223 e. The molecular formula is C18H20FN3O2. The number of hydrogen-bond donors (Lipinski definition) is 2. The fraction of sp³-hybridized carbons (Fsp3) is 0.333. The number of nitrogens with zero attached hydrogens (tertiary/aromatic N) is 1. The lowest BCUT2D eigenvalue weighted by atomic mass is 9.88. The summed E-state index contributed by atoms with van der Waals surface area (Å²) in [7, 11) is 0. The summed E-state index contributed by atoms with van der Waals surface area (Å²) in [5.74, 6) is 0.903. The summed E-state index contributed by atoms with van der Waals surface area (Å²) in [6, 6.07) is 9.42. The lowest BCUT2D eigenvalue weighted by Gasteiger charge is -2.31. The molecule has 1 aromatic carbocycles.